The van der Waals surface area contributed by atoms with Crippen LogP contribution in [0.4, 0.5) is 0 Å². The molecule has 0 aromatic carbocycles. The maximum absolute atomic E-state index is 6.09. The van der Waals surface area contributed by atoms with Gasteiger partial charge in [-0.15, -0.1) is 0 Å². The lowest BCUT2D eigenvalue weighted by molar-refractivity contribution is 0.251. The van der Waals surface area contributed by atoms with E-state index in [0.717, 1.165) is 30.8 Å². The lowest BCUT2D eigenvalue weighted by Gasteiger charge is -2.13. The average Bonchev–Trinajstić information content (AvgIpc) is 3.07. The Morgan fingerprint density at radius 1 is 1.35 bits per heavy atom. The van der Waals surface area contributed by atoms with Crippen LogP contribution in [0.5, 0.6) is 5.88 Å². The first kappa shape index (κ1) is 12.6. The molecule has 0 bridgehead atoms. The van der Waals surface area contributed by atoms with Gasteiger partial charge in [0, 0.05) is 18.0 Å². The summed E-state index contributed by atoms with van der Waals surface area (Å²) in [5.41, 5.74) is 0.829. The highest BCUT2D eigenvalue weighted by Gasteiger charge is 2.28. The fourth-order valence-corrected chi connectivity index (χ4v) is 1.64. The van der Waals surface area contributed by atoms with Crippen LogP contribution in [0.15, 0.2) is 0 Å². The third kappa shape index (κ3) is 3.30. The van der Waals surface area contributed by atoms with Crippen LogP contribution in [0.2, 0.25) is 5.15 Å². The van der Waals surface area contributed by atoms with Gasteiger partial charge in [-0.2, -0.15) is 4.98 Å². The lowest BCUT2D eigenvalue weighted by Crippen LogP contribution is -2.20. The molecule has 0 N–H and O–H groups in total. The van der Waals surface area contributed by atoms with Crippen molar-refractivity contribution in [1.82, 2.24) is 14.9 Å². The van der Waals surface area contributed by atoms with Gasteiger partial charge in [0.05, 0.1) is 0 Å². The molecule has 1 aromatic heterocycles. The van der Waals surface area contributed by atoms with E-state index >= 15 is 0 Å². The number of ether oxygens (including phenoxy) is 1. The second kappa shape index (κ2) is 5.19. The highest BCUT2D eigenvalue weighted by atomic mass is 35.5. The van der Waals surface area contributed by atoms with Crippen molar-refractivity contribution in [3.05, 3.63) is 16.5 Å². The maximum Gasteiger partial charge on any atom is 0.221 e. The van der Waals surface area contributed by atoms with E-state index < -0.39 is 0 Å². The molecule has 1 heterocycles. The van der Waals surface area contributed by atoms with Crippen LogP contribution < -0.4 is 4.74 Å². The van der Waals surface area contributed by atoms with Gasteiger partial charge < -0.3 is 9.64 Å². The highest BCUT2D eigenvalue weighted by Crippen LogP contribution is 2.39. The fourth-order valence-electron chi connectivity index (χ4n) is 1.48. The summed E-state index contributed by atoms with van der Waals surface area (Å²) in [7, 11) is 4.03. The minimum absolute atomic E-state index is 0.490. The fraction of sp³-hybridized carbons (Fsp3) is 0.667. The Balaban J connectivity index is 2.08. The standard InChI is InChI=1S/C12H18ClN3O/c1-8-10(13)14-11(9-4-5-9)15-12(8)17-7-6-16(2)3/h9H,4-7H2,1-3H3. The van der Waals surface area contributed by atoms with E-state index in [4.69, 9.17) is 16.3 Å². The van der Waals surface area contributed by atoms with Gasteiger partial charge in [0.1, 0.15) is 17.6 Å². The minimum atomic E-state index is 0.490. The number of rotatable bonds is 5. The first-order chi connectivity index (χ1) is 8.08. The van der Waals surface area contributed by atoms with Crippen molar-refractivity contribution in [1.29, 1.82) is 0 Å². The van der Waals surface area contributed by atoms with Gasteiger partial charge in [-0.1, -0.05) is 11.6 Å². The Morgan fingerprint density at radius 3 is 2.65 bits per heavy atom. The van der Waals surface area contributed by atoms with Crippen molar-refractivity contribution < 1.29 is 4.74 Å². The predicted molar refractivity (Wildman–Crippen MR) is 67.8 cm³/mol. The Morgan fingerprint density at radius 2 is 2.06 bits per heavy atom. The molecule has 5 heteroatoms. The SMILES string of the molecule is Cc1c(Cl)nc(C2CC2)nc1OCCN(C)C. The zero-order valence-corrected chi connectivity index (χ0v) is 11.3. The van der Waals surface area contributed by atoms with E-state index in [9.17, 15) is 0 Å². The van der Waals surface area contributed by atoms with Gasteiger partial charge in [0.2, 0.25) is 5.88 Å². The number of halogens is 1. The molecule has 1 aliphatic carbocycles. The summed E-state index contributed by atoms with van der Waals surface area (Å²) in [6.45, 7) is 3.37. The van der Waals surface area contributed by atoms with Crippen LogP contribution in [0.25, 0.3) is 0 Å². The first-order valence-electron chi connectivity index (χ1n) is 5.89. The summed E-state index contributed by atoms with van der Waals surface area (Å²) < 4.78 is 5.67. The third-order valence-corrected chi connectivity index (χ3v) is 3.15. The van der Waals surface area contributed by atoms with E-state index in [1.807, 2.05) is 21.0 Å². The molecule has 0 unspecified atom stereocenters. The summed E-state index contributed by atoms with van der Waals surface area (Å²) >= 11 is 6.09. The second-order valence-corrected chi connectivity index (χ2v) is 5.09. The molecule has 0 radical (unpaired) electrons. The Bertz CT molecular complexity index is 405. The smallest absolute Gasteiger partial charge is 0.221 e. The lowest BCUT2D eigenvalue weighted by atomic mass is 10.3. The molecular formula is C12H18ClN3O. The van der Waals surface area contributed by atoms with Crippen LogP contribution in [0.3, 0.4) is 0 Å². The number of nitrogens with zero attached hydrogens (tertiary/aromatic N) is 3. The van der Waals surface area contributed by atoms with E-state index in [0.29, 0.717) is 23.6 Å². The quantitative estimate of drug-likeness (QED) is 0.757. The summed E-state index contributed by atoms with van der Waals surface area (Å²) in [4.78, 5) is 10.8. The summed E-state index contributed by atoms with van der Waals surface area (Å²) in [6.07, 6.45) is 2.33. The second-order valence-electron chi connectivity index (χ2n) is 4.73. The monoisotopic (exact) mass is 255 g/mol. The summed E-state index contributed by atoms with van der Waals surface area (Å²) in [6, 6.07) is 0. The topological polar surface area (TPSA) is 38.3 Å². The number of hydrogen-bond acceptors (Lipinski definition) is 4. The Labute approximate surface area is 107 Å². The zero-order chi connectivity index (χ0) is 12.4. The van der Waals surface area contributed by atoms with Gasteiger partial charge in [0.15, 0.2) is 0 Å². The van der Waals surface area contributed by atoms with Crippen LogP contribution in [-0.2, 0) is 0 Å². The molecule has 1 fully saturated rings. The van der Waals surface area contributed by atoms with Crippen LogP contribution in [0.1, 0.15) is 30.1 Å². The van der Waals surface area contributed by atoms with E-state index in [2.05, 4.69) is 14.9 Å². The normalized spacial score (nSPS) is 15.4. The van der Waals surface area contributed by atoms with Crippen molar-refractivity contribution in [2.75, 3.05) is 27.2 Å². The van der Waals surface area contributed by atoms with Gasteiger partial charge in [-0.05, 0) is 33.9 Å². The van der Waals surface area contributed by atoms with Gasteiger partial charge in [0.25, 0.3) is 0 Å². The molecule has 1 aromatic rings. The number of hydrogen-bond donors (Lipinski definition) is 0. The molecule has 0 saturated heterocycles. The van der Waals surface area contributed by atoms with Crippen molar-refractivity contribution in [3.8, 4) is 5.88 Å². The average molecular weight is 256 g/mol. The molecule has 94 valence electrons. The molecule has 4 nitrogen and oxygen atoms in total. The van der Waals surface area contributed by atoms with Gasteiger partial charge in [-0.25, -0.2) is 4.98 Å². The Hall–Kier alpha value is -0.870. The molecule has 1 saturated carbocycles. The van der Waals surface area contributed by atoms with Crippen LogP contribution >= 0.6 is 11.6 Å². The molecule has 17 heavy (non-hydrogen) atoms. The molecular weight excluding hydrogens is 238 g/mol. The van der Waals surface area contributed by atoms with Gasteiger partial charge >= 0.3 is 0 Å². The highest BCUT2D eigenvalue weighted by molar-refractivity contribution is 6.30. The molecule has 0 spiro atoms. The molecule has 0 amide bonds. The zero-order valence-electron chi connectivity index (χ0n) is 10.5. The molecule has 0 aliphatic heterocycles. The van der Waals surface area contributed by atoms with E-state index in [-0.39, 0.29) is 0 Å². The van der Waals surface area contributed by atoms with E-state index in [1.165, 1.54) is 0 Å². The first-order valence-corrected chi connectivity index (χ1v) is 6.27. The third-order valence-electron chi connectivity index (χ3n) is 2.78. The molecule has 2 rings (SSSR count). The number of likely N-dealkylation sites (N-methyl/N-ethyl adjacent to an activating group) is 1. The molecule has 1 aliphatic rings. The number of aromatic nitrogens is 2. The summed E-state index contributed by atoms with van der Waals surface area (Å²) in [5.74, 6) is 1.96. The predicted octanol–water partition coefficient (Wildman–Crippen LogP) is 2.26. The van der Waals surface area contributed by atoms with Crippen molar-refractivity contribution in [3.63, 3.8) is 0 Å². The van der Waals surface area contributed by atoms with Crippen molar-refractivity contribution in [2.24, 2.45) is 0 Å². The maximum atomic E-state index is 6.09. The Kier molecular flexibility index (Phi) is 3.84. The van der Waals surface area contributed by atoms with Crippen molar-refractivity contribution >= 4 is 11.6 Å². The van der Waals surface area contributed by atoms with Crippen LogP contribution in [0, 0.1) is 6.92 Å². The summed E-state index contributed by atoms with van der Waals surface area (Å²) in [5, 5.41) is 0.516. The largest absolute Gasteiger partial charge is 0.476 e. The molecule has 0 atom stereocenters. The van der Waals surface area contributed by atoms with Crippen LogP contribution in [-0.4, -0.2) is 42.1 Å². The van der Waals surface area contributed by atoms with Crippen molar-refractivity contribution in [2.45, 2.75) is 25.7 Å². The van der Waals surface area contributed by atoms with E-state index in [1.54, 1.807) is 0 Å². The van der Waals surface area contributed by atoms with Gasteiger partial charge in [-0.3, -0.25) is 0 Å². The minimum Gasteiger partial charge on any atom is -0.476 e.